The molecule has 1 fully saturated rings. The summed E-state index contributed by atoms with van der Waals surface area (Å²) in [5.41, 5.74) is 2.76. The lowest BCUT2D eigenvalue weighted by atomic mass is 10.1. The zero-order valence-corrected chi connectivity index (χ0v) is 10.9. The van der Waals surface area contributed by atoms with Gasteiger partial charge in [-0.3, -0.25) is 4.79 Å². The predicted octanol–water partition coefficient (Wildman–Crippen LogP) is 2.93. The Morgan fingerprint density at radius 2 is 2.17 bits per heavy atom. The number of benzene rings is 1. The van der Waals surface area contributed by atoms with Crippen LogP contribution in [0.25, 0.3) is 0 Å². The topological polar surface area (TPSA) is 54.9 Å². The van der Waals surface area contributed by atoms with Gasteiger partial charge in [0.25, 0.3) is 0 Å². The van der Waals surface area contributed by atoms with Crippen molar-refractivity contribution in [2.24, 2.45) is 5.92 Å². The van der Waals surface area contributed by atoms with Gasteiger partial charge in [-0.1, -0.05) is 35.1 Å². The van der Waals surface area contributed by atoms with E-state index in [-0.39, 0.29) is 11.8 Å². The molecule has 0 radical (unpaired) electrons. The van der Waals surface area contributed by atoms with Gasteiger partial charge in [-0.15, -0.1) is 10.2 Å². The van der Waals surface area contributed by atoms with E-state index in [9.17, 15) is 4.79 Å². The minimum Gasteiger partial charge on any atom is -0.300 e. The van der Waals surface area contributed by atoms with E-state index in [0.717, 1.165) is 12.0 Å². The van der Waals surface area contributed by atoms with E-state index in [0.29, 0.717) is 16.1 Å². The summed E-state index contributed by atoms with van der Waals surface area (Å²) in [4.78, 5) is 11.9. The molecule has 3 rings (SSSR count). The van der Waals surface area contributed by atoms with Crippen molar-refractivity contribution in [2.45, 2.75) is 12.3 Å². The van der Waals surface area contributed by atoms with Gasteiger partial charge in [0.2, 0.25) is 11.0 Å². The molecule has 1 aromatic heterocycles. The van der Waals surface area contributed by atoms with Crippen LogP contribution < -0.4 is 5.32 Å². The van der Waals surface area contributed by atoms with Crippen LogP contribution in [0.15, 0.2) is 29.8 Å². The molecule has 1 amide bonds. The lowest BCUT2D eigenvalue weighted by Crippen LogP contribution is -2.14. The number of nitrogens with one attached hydrogen (secondary N) is 1. The number of hydrogen-bond acceptors (Lipinski definition) is 4. The van der Waals surface area contributed by atoms with Crippen LogP contribution >= 0.6 is 22.9 Å². The van der Waals surface area contributed by atoms with Crippen LogP contribution in [0.2, 0.25) is 5.02 Å². The highest BCUT2D eigenvalue weighted by atomic mass is 35.5. The van der Waals surface area contributed by atoms with Gasteiger partial charge in [0.15, 0.2) is 0 Å². The molecule has 0 spiro atoms. The van der Waals surface area contributed by atoms with Crippen molar-refractivity contribution in [3.63, 3.8) is 0 Å². The highest BCUT2D eigenvalue weighted by molar-refractivity contribution is 7.13. The highest BCUT2D eigenvalue weighted by Gasteiger charge is 2.44. The Morgan fingerprint density at radius 1 is 1.39 bits per heavy atom. The second-order valence-corrected chi connectivity index (χ2v) is 5.50. The molecule has 0 bridgehead atoms. The fraction of sp³-hybridized carbons (Fsp3) is 0.250. The van der Waals surface area contributed by atoms with Crippen LogP contribution in [0.1, 0.15) is 17.9 Å². The molecule has 1 heterocycles. The van der Waals surface area contributed by atoms with Crippen LogP contribution in [-0.2, 0) is 4.79 Å². The Labute approximate surface area is 113 Å². The van der Waals surface area contributed by atoms with Crippen molar-refractivity contribution in [1.82, 2.24) is 10.2 Å². The van der Waals surface area contributed by atoms with E-state index in [4.69, 9.17) is 11.6 Å². The van der Waals surface area contributed by atoms with Crippen molar-refractivity contribution < 1.29 is 4.79 Å². The van der Waals surface area contributed by atoms with Crippen LogP contribution in [0, 0.1) is 5.92 Å². The van der Waals surface area contributed by atoms with Crippen molar-refractivity contribution >= 4 is 34.0 Å². The maximum atomic E-state index is 11.9. The number of nitrogens with zero attached hydrogens (tertiary/aromatic N) is 2. The largest absolute Gasteiger partial charge is 0.300 e. The molecule has 92 valence electrons. The third kappa shape index (κ3) is 2.37. The molecule has 6 heteroatoms. The normalized spacial score (nSPS) is 21.6. The standard InChI is InChI=1S/C12H10ClN3OS/c13-8-3-1-7(2-4-8)9-5-10(9)11(17)15-12-16-14-6-18-12/h1-4,6,9-10H,5H2,(H,15,16,17). The van der Waals surface area contributed by atoms with Crippen LogP contribution in [0.3, 0.4) is 0 Å². The van der Waals surface area contributed by atoms with Gasteiger partial charge in [-0.2, -0.15) is 0 Å². The summed E-state index contributed by atoms with van der Waals surface area (Å²) in [6.45, 7) is 0. The molecule has 4 nitrogen and oxygen atoms in total. The molecule has 1 aliphatic carbocycles. The number of halogens is 1. The number of carbonyl (C=O) groups is 1. The second kappa shape index (κ2) is 4.66. The van der Waals surface area contributed by atoms with Crippen molar-refractivity contribution in [1.29, 1.82) is 0 Å². The highest BCUT2D eigenvalue weighted by Crippen LogP contribution is 2.48. The summed E-state index contributed by atoms with van der Waals surface area (Å²) >= 11 is 7.16. The predicted molar refractivity (Wildman–Crippen MR) is 70.8 cm³/mol. The average molecular weight is 280 g/mol. The fourth-order valence-electron chi connectivity index (χ4n) is 1.99. The van der Waals surface area contributed by atoms with E-state index < -0.39 is 0 Å². The Balaban J connectivity index is 1.63. The van der Waals surface area contributed by atoms with Crippen molar-refractivity contribution in [3.05, 3.63) is 40.4 Å². The number of amides is 1. The summed E-state index contributed by atoms with van der Waals surface area (Å²) in [5, 5.41) is 11.5. The molecule has 2 unspecified atom stereocenters. The summed E-state index contributed by atoms with van der Waals surface area (Å²) in [5.74, 6) is 0.358. The Hall–Kier alpha value is -1.46. The van der Waals surface area contributed by atoms with Gasteiger partial charge in [0.1, 0.15) is 5.51 Å². The first-order chi connectivity index (χ1) is 8.74. The maximum Gasteiger partial charge on any atom is 0.229 e. The smallest absolute Gasteiger partial charge is 0.229 e. The van der Waals surface area contributed by atoms with Gasteiger partial charge in [-0.25, -0.2) is 0 Å². The molecule has 0 saturated heterocycles. The monoisotopic (exact) mass is 279 g/mol. The van der Waals surface area contributed by atoms with Gasteiger partial charge in [-0.05, 0) is 30.0 Å². The summed E-state index contributed by atoms with van der Waals surface area (Å²) in [6.07, 6.45) is 0.881. The van der Waals surface area contributed by atoms with E-state index in [1.807, 2.05) is 24.3 Å². The average Bonchev–Trinajstić information content (AvgIpc) is 3.01. The first-order valence-corrected chi connectivity index (χ1v) is 6.82. The van der Waals surface area contributed by atoms with Crippen LogP contribution in [-0.4, -0.2) is 16.1 Å². The molecule has 1 aliphatic rings. The number of carbonyl (C=O) groups excluding carboxylic acids is 1. The van der Waals surface area contributed by atoms with E-state index in [1.165, 1.54) is 11.3 Å². The van der Waals surface area contributed by atoms with E-state index in [1.54, 1.807) is 5.51 Å². The molecule has 1 aromatic carbocycles. The molecule has 1 N–H and O–H groups in total. The number of hydrogen-bond donors (Lipinski definition) is 1. The molecular formula is C12H10ClN3OS. The molecule has 0 aliphatic heterocycles. The fourth-order valence-corrected chi connectivity index (χ4v) is 2.56. The molecule has 2 atom stereocenters. The molecular weight excluding hydrogens is 270 g/mol. The summed E-state index contributed by atoms with van der Waals surface area (Å²) in [6, 6.07) is 7.67. The minimum atomic E-state index is 0.0201. The van der Waals surface area contributed by atoms with E-state index >= 15 is 0 Å². The van der Waals surface area contributed by atoms with E-state index in [2.05, 4.69) is 15.5 Å². The van der Waals surface area contributed by atoms with Gasteiger partial charge in [0, 0.05) is 10.9 Å². The molecule has 18 heavy (non-hydrogen) atoms. The molecule has 1 saturated carbocycles. The number of rotatable bonds is 3. The summed E-state index contributed by atoms with van der Waals surface area (Å²) < 4.78 is 0. The van der Waals surface area contributed by atoms with Crippen molar-refractivity contribution in [2.75, 3.05) is 5.32 Å². The first-order valence-electron chi connectivity index (χ1n) is 5.56. The SMILES string of the molecule is O=C(Nc1nncs1)C1CC1c1ccc(Cl)cc1. The Bertz CT molecular complexity index is 555. The Kier molecular flexibility index (Phi) is 3.01. The number of anilines is 1. The van der Waals surface area contributed by atoms with Gasteiger partial charge in [0.05, 0.1) is 0 Å². The Morgan fingerprint density at radius 3 is 2.83 bits per heavy atom. The minimum absolute atomic E-state index is 0.0201. The maximum absolute atomic E-state index is 11.9. The first kappa shape index (κ1) is 11.6. The zero-order valence-electron chi connectivity index (χ0n) is 9.34. The summed E-state index contributed by atoms with van der Waals surface area (Å²) in [7, 11) is 0. The third-order valence-electron chi connectivity index (χ3n) is 3.02. The lowest BCUT2D eigenvalue weighted by Gasteiger charge is -2.01. The molecule has 2 aromatic rings. The van der Waals surface area contributed by atoms with Crippen molar-refractivity contribution in [3.8, 4) is 0 Å². The lowest BCUT2D eigenvalue weighted by molar-refractivity contribution is -0.117. The van der Waals surface area contributed by atoms with Crippen LogP contribution in [0.5, 0.6) is 0 Å². The second-order valence-electron chi connectivity index (χ2n) is 4.23. The zero-order chi connectivity index (χ0) is 12.5. The van der Waals surface area contributed by atoms with Gasteiger partial charge < -0.3 is 5.32 Å². The van der Waals surface area contributed by atoms with Crippen LogP contribution in [0.4, 0.5) is 5.13 Å². The number of aromatic nitrogens is 2. The quantitative estimate of drug-likeness (QED) is 0.940. The van der Waals surface area contributed by atoms with Gasteiger partial charge >= 0.3 is 0 Å². The third-order valence-corrected chi connectivity index (χ3v) is 3.87.